The molecule has 1 heterocycles. The number of carbonyl (C=O) groups is 2. The third kappa shape index (κ3) is 15.6. The molecule has 6 heteroatoms. The van der Waals surface area contributed by atoms with Crippen LogP contribution in [0.4, 0.5) is 0 Å². The topological polar surface area (TPSA) is 116 Å². The third-order valence-electron chi connectivity index (χ3n) is 4.97. The molecule has 1 aliphatic heterocycles. The van der Waals surface area contributed by atoms with E-state index in [1.165, 1.54) is 44.9 Å². The van der Waals surface area contributed by atoms with Crippen LogP contribution in [0.3, 0.4) is 0 Å². The van der Waals surface area contributed by atoms with Gasteiger partial charge in [-0.2, -0.15) is 0 Å². The van der Waals surface area contributed by atoms with Gasteiger partial charge in [0.15, 0.2) is 0 Å². The van der Waals surface area contributed by atoms with Gasteiger partial charge in [-0.3, -0.25) is 9.59 Å². The minimum Gasteiger partial charge on any atom is -0.480 e. The highest BCUT2D eigenvalue weighted by atomic mass is 16.5. The molecular weight excluding hydrogens is 344 g/mol. The van der Waals surface area contributed by atoms with Crippen LogP contribution in [0.15, 0.2) is 0 Å². The number of carboxylic acid groups (broad SMARTS) is 1. The molecule has 0 spiro atoms. The first-order valence-corrected chi connectivity index (χ1v) is 10.9. The van der Waals surface area contributed by atoms with Crippen LogP contribution in [0.5, 0.6) is 0 Å². The Hall–Kier alpha value is -1.14. The maximum atomic E-state index is 11.6. The Morgan fingerprint density at radius 1 is 1.11 bits per heavy atom. The second kappa shape index (κ2) is 18.2. The molecule has 0 amide bonds. The summed E-state index contributed by atoms with van der Waals surface area (Å²) in [6.45, 7) is 3.50. The van der Waals surface area contributed by atoms with Crippen molar-refractivity contribution in [1.29, 1.82) is 0 Å². The van der Waals surface area contributed by atoms with Crippen molar-refractivity contribution in [3.8, 4) is 0 Å². The van der Waals surface area contributed by atoms with Crippen LogP contribution in [-0.4, -0.2) is 36.2 Å². The van der Waals surface area contributed by atoms with E-state index in [0.29, 0.717) is 19.6 Å². The Morgan fingerprint density at radius 2 is 1.78 bits per heavy atom. The Labute approximate surface area is 165 Å². The molecular formula is C21H42N2O4. The minimum atomic E-state index is -0.933. The van der Waals surface area contributed by atoms with Crippen LogP contribution in [0.1, 0.15) is 96.8 Å². The van der Waals surface area contributed by atoms with Gasteiger partial charge < -0.3 is 21.3 Å². The lowest BCUT2D eigenvalue weighted by molar-refractivity contribution is -0.147. The van der Waals surface area contributed by atoms with Gasteiger partial charge in [0.05, 0.1) is 12.5 Å². The molecule has 0 aromatic rings. The van der Waals surface area contributed by atoms with Crippen molar-refractivity contribution in [3.63, 3.8) is 0 Å². The van der Waals surface area contributed by atoms with Crippen LogP contribution in [0, 0.1) is 5.92 Å². The summed E-state index contributed by atoms with van der Waals surface area (Å²) >= 11 is 0. The fourth-order valence-electron chi connectivity index (χ4n) is 3.14. The van der Waals surface area contributed by atoms with Crippen molar-refractivity contribution in [3.05, 3.63) is 0 Å². The summed E-state index contributed by atoms with van der Waals surface area (Å²) in [5, 5.41) is 8.33. The molecule has 1 saturated heterocycles. The van der Waals surface area contributed by atoms with Gasteiger partial charge in [-0.05, 0) is 45.1 Å². The van der Waals surface area contributed by atoms with Gasteiger partial charge in [0.25, 0.3) is 0 Å². The van der Waals surface area contributed by atoms with Crippen LogP contribution in [0.2, 0.25) is 0 Å². The van der Waals surface area contributed by atoms with Gasteiger partial charge in [0.1, 0.15) is 6.04 Å². The number of carbonyl (C=O) groups excluding carboxylic acids is 1. The Bertz CT molecular complexity index is 377. The van der Waals surface area contributed by atoms with Crippen LogP contribution in [0.25, 0.3) is 0 Å². The smallest absolute Gasteiger partial charge is 0.320 e. The molecule has 1 fully saturated rings. The first kappa shape index (κ1) is 25.9. The number of cyclic esters (lactones) is 1. The summed E-state index contributed by atoms with van der Waals surface area (Å²) in [7, 11) is 0. The average molecular weight is 387 g/mol. The van der Waals surface area contributed by atoms with Gasteiger partial charge in [0.2, 0.25) is 0 Å². The van der Waals surface area contributed by atoms with Gasteiger partial charge in [-0.15, -0.1) is 0 Å². The van der Waals surface area contributed by atoms with E-state index in [-0.39, 0.29) is 11.9 Å². The largest absolute Gasteiger partial charge is 0.480 e. The van der Waals surface area contributed by atoms with E-state index in [1.54, 1.807) is 0 Å². The Balaban J connectivity index is 0.000000580. The molecule has 160 valence electrons. The van der Waals surface area contributed by atoms with Crippen LogP contribution < -0.4 is 11.5 Å². The fourth-order valence-corrected chi connectivity index (χ4v) is 3.14. The monoisotopic (exact) mass is 386 g/mol. The lowest BCUT2D eigenvalue weighted by Crippen LogP contribution is -2.29. The maximum absolute atomic E-state index is 11.6. The van der Waals surface area contributed by atoms with Crippen molar-refractivity contribution < 1.29 is 19.4 Å². The number of hydrogen-bond donors (Lipinski definition) is 3. The molecule has 5 N–H and O–H groups in total. The molecule has 0 aliphatic carbocycles. The summed E-state index contributed by atoms with van der Waals surface area (Å²) in [5.74, 6) is -0.668. The standard InChI is InChI=1S/C15H28O2.C6H14N2O2/c1-2-3-4-5-6-7-8-11-14-12-9-10-13-17-15(14)16;7-4-2-1-3-5(8)6(9)10/h14H,2-13H2,1H3;5H,1-4,7-8H2,(H,9,10)/t;5-/m.0/s1. The number of esters is 1. The summed E-state index contributed by atoms with van der Waals surface area (Å²) < 4.78 is 5.19. The summed E-state index contributed by atoms with van der Waals surface area (Å²) in [6, 6.07) is -0.716. The highest BCUT2D eigenvalue weighted by Gasteiger charge is 2.21. The summed E-state index contributed by atoms with van der Waals surface area (Å²) in [6.07, 6.45) is 15.7. The van der Waals surface area contributed by atoms with E-state index in [1.807, 2.05) is 0 Å². The van der Waals surface area contributed by atoms with Crippen molar-refractivity contribution in [2.24, 2.45) is 17.4 Å². The third-order valence-corrected chi connectivity index (χ3v) is 4.97. The van der Waals surface area contributed by atoms with Crippen molar-refractivity contribution in [2.45, 2.75) is 103 Å². The van der Waals surface area contributed by atoms with E-state index in [0.717, 1.165) is 38.5 Å². The number of ether oxygens (including phenoxy) is 1. The van der Waals surface area contributed by atoms with E-state index in [2.05, 4.69) is 6.92 Å². The summed E-state index contributed by atoms with van der Waals surface area (Å²) in [5.41, 5.74) is 10.4. The Morgan fingerprint density at radius 3 is 2.41 bits per heavy atom. The number of unbranched alkanes of at least 4 members (excludes halogenated alkanes) is 7. The Kier molecular flexibility index (Phi) is 17.5. The SMILES string of the molecule is CCCCCCCCCC1CCCCOC1=O.NCCCC[C@H](N)C(=O)O. The zero-order valence-corrected chi connectivity index (χ0v) is 17.3. The zero-order valence-electron chi connectivity index (χ0n) is 17.3. The molecule has 2 atom stereocenters. The number of aliphatic carboxylic acids is 1. The van der Waals surface area contributed by atoms with Gasteiger partial charge in [-0.25, -0.2) is 0 Å². The van der Waals surface area contributed by atoms with Gasteiger partial charge in [-0.1, -0.05) is 58.3 Å². The summed E-state index contributed by atoms with van der Waals surface area (Å²) in [4.78, 5) is 21.7. The van der Waals surface area contributed by atoms with E-state index < -0.39 is 12.0 Å². The van der Waals surface area contributed by atoms with Crippen molar-refractivity contribution >= 4 is 11.9 Å². The molecule has 6 nitrogen and oxygen atoms in total. The second-order valence-electron chi connectivity index (χ2n) is 7.50. The predicted molar refractivity (Wildman–Crippen MR) is 109 cm³/mol. The molecule has 1 unspecified atom stereocenters. The molecule has 0 saturated carbocycles. The van der Waals surface area contributed by atoms with Gasteiger partial charge >= 0.3 is 11.9 Å². The highest BCUT2D eigenvalue weighted by Crippen LogP contribution is 2.21. The molecule has 0 radical (unpaired) electrons. The number of carboxylic acids is 1. The van der Waals surface area contributed by atoms with Crippen molar-refractivity contribution in [1.82, 2.24) is 0 Å². The second-order valence-corrected chi connectivity index (χ2v) is 7.50. The number of rotatable bonds is 13. The minimum absolute atomic E-state index is 0.0634. The van der Waals surface area contributed by atoms with Gasteiger partial charge in [0, 0.05) is 0 Å². The first-order valence-electron chi connectivity index (χ1n) is 10.9. The van der Waals surface area contributed by atoms with Crippen molar-refractivity contribution in [2.75, 3.05) is 13.2 Å². The normalized spacial score (nSPS) is 18.0. The molecule has 0 aromatic carbocycles. The quantitative estimate of drug-likeness (QED) is 0.325. The average Bonchev–Trinajstić information content (AvgIpc) is 2.86. The number of nitrogens with two attached hydrogens (primary N) is 2. The van der Waals surface area contributed by atoms with E-state index in [9.17, 15) is 9.59 Å². The van der Waals surface area contributed by atoms with E-state index in [4.69, 9.17) is 21.3 Å². The highest BCUT2D eigenvalue weighted by molar-refractivity contribution is 5.73. The van der Waals surface area contributed by atoms with Crippen LogP contribution in [-0.2, 0) is 14.3 Å². The predicted octanol–water partition coefficient (Wildman–Crippen LogP) is 4.00. The lowest BCUT2D eigenvalue weighted by atomic mass is 9.96. The molecule has 0 aromatic heterocycles. The molecule has 1 aliphatic rings. The number of hydrogen-bond acceptors (Lipinski definition) is 5. The van der Waals surface area contributed by atoms with Crippen LogP contribution >= 0.6 is 0 Å². The lowest BCUT2D eigenvalue weighted by Gasteiger charge is -2.11. The molecule has 27 heavy (non-hydrogen) atoms. The first-order chi connectivity index (χ1) is 13.0. The van der Waals surface area contributed by atoms with E-state index >= 15 is 0 Å². The maximum Gasteiger partial charge on any atom is 0.320 e. The fraction of sp³-hybridized carbons (Fsp3) is 0.905. The zero-order chi connectivity index (χ0) is 20.3. The molecule has 1 rings (SSSR count). The molecule has 0 bridgehead atoms.